The SMILES string of the molecule is C=CC(=O)[O-].O=C(O[O-])c1ccccc1.[Zn+2]. The fourth-order valence-corrected chi connectivity index (χ4v) is 0.622. The van der Waals surface area contributed by atoms with E-state index in [-0.39, 0.29) is 25.0 Å². The number of benzene rings is 1. The van der Waals surface area contributed by atoms with E-state index in [0.29, 0.717) is 0 Å². The van der Waals surface area contributed by atoms with Gasteiger partial charge < -0.3 is 20.0 Å². The van der Waals surface area contributed by atoms with Gasteiger partial charge in [0.2, 0.25) is 0 Å². The summed E-state index contributed by atoms with van der Waals surface area (Å²) in [5.74, 6) is -2.08. The van der Waals surface area contributed by atoms with Gasteiger partial charge in [0.15, 0.2) is 0 Å². The third kappa shape index (κ3) is 7.85. The first-order valence-electron chi connectivity index (χ1n) is 3.84. The zero-order valence-corrected chi connectivity index (χ0v) is 11.4. The van der Waals surface area contributed by atoms with Crippen LogP contribution in [0.3, 0.4) is 0 Å². The van der Waals surface area contributed by atoms with Crippen molar-refractivity contribution >= 4 is 11.9 Å². The molecule has 0 fully saturated rings. The molecule has 0 spiro atoms. The fraction of sp³-hybridized carbons (Fsp3) is 0. The van der Waals surface area contributed by atoms with Crippen LogP contribution < -0.4 is 10.4 Å². The van der Waals surface area contributed by atoms with Gasteiger partial charge in [-0.05, 0) is 18.2 Å². The van der Waals surface area contributed by atoms with Crippen LogP contribution in [0.25, 0.3) is 0 Å². The molecule has 0 radical (unpaired) electrons. The topological polar surface area (TPSA) is 89.5 Å². The van der Waals surface area contributed by atoms with Gasteiger partial charge in [-0.2, -0.15) is 0 Å². The number of carbonyl (C=O) groups is 2. The molecule has 0 heterocycles. The molecule has 1 aromatic rings. The second-order valence-electron chi connectivity index (χ2n) is 2.26. The van der Waals surface area contributed by atoms with Gasteiger partial charge in [-0.25, -0.2) is 4.79 Å². The Morgan fingerprint density at radius 1 is 1.25 bits per heavy atom. The van der Waals surface area contributed by atoms with Crippen molar-refractivity contribution in [1.82, 2.24) is 0 Å². The third-order valence-electron chi connectivity index (χ3n) is 1.25. The normalized spacial score (nSPS) is 7.56. The van der Waals surface area contributed by atoms with Crippen LogP contribution in [-0.4, -0.2) is 11.9 Å². The number of rotatable bonds is 2. The van der Waals surface area contributed by atoms with Crippen molar-refractivity contribution in [3.8, 4) is 0 Å². The van der Waals surface area contributed by atoms with Gasteiger partial charge in [0, 0.05) is 0 Å². The van der Waals surface area contributed by atoms with Crippen LogP contribution in [0, 0.1) is 0 Å². The van der Waals surface area contributed by atoms with Crippen molar-refractivity contribution in [1.29, 1.82) is 0 Å². The minimum absolute atomic E-state index is 0. The van der Waals surface area contributed by atoms with Gasteiger partial charge in [-0.15, -0.1) is 0 Å². The summed E-state index contributed by atoms with van der Waals surface area (Å²) in [5.41, 5.74) is 0.275. The van der Waals surface area contributed by atoms with Crippen molar-refractivity contribution in [3.05, 3.63) is 48.6 Å². The van der Waals surface area contributed by atoms with E-state index >= 15 is 0 Å². The molecule has 5 nitrogen and oxygen atoms in total. The number of carboxylic acids is 1. The van der Waals surface area contributed by atoms with Crippen LogP contribution in [-0.2, 0) is 29.2 Å². The summed E-state index contributed by atoms with van der Waals surface area (Å²) in [5, 5.41) is 18.7. The van der Waals surface area contributed by atoms with E-state index in [4.69, 9.17) is 9.90 Å². The number of carboxylic acid groups (broad SMARTS) is 1. The van der Waals surface area contributed by atoms with E-state index in [2.05, 4.69) is 11.5 Å². The van der Waals surface area contributed by atoms with E-state index in [9.17, 15) is 10.1 Å². The Kier molecular flexibility index (Phi) is 10.6. The summed E-state index contributed by atoms with van der Waals surface area (Å²) < 4.78 is 0. The first-order chi connectivity index (χ1) is 7.11. The van der Waals surface area contributed by atoms with Crippen molar-refractivity contribution in [2.75, 3.05) is 0 Å². The number of carbonyl (C=O) groups excluding carboxylic acids is 2. The van der Waals surface area contributed by atoms with Crippen LogP contribution in [0.15, 0.2) is 43.0 Å². The molecule has 6 heteroatoms. The summed E-state index contributed by atoms with van der Waals surface area (Å²) in [6, 6.07) is 8.10. The van der Waals surface area contributed by atoms with Crippen LogP contribution in [0.5, 0.6) is 0 Å². The Morgan fingerprint density at radius 2 is 1.69 bits per heavy atom. The number of aliphatic carboxylic acids is 1. The average molecular weight is 274 g/mol. The first kappa shape index (κ1) is 16.9. The van der Waals surface area contributed by atoms with Crippen molar-refractivity contribution in [3.63, 3.8) is 0 Å². The van der Waals surface area contributed by atoms with Crippen molar-refractivity contribution in [2.24, 2.45) is 0 Å². The summed E-state index contributed by atoms with van der Waals surface area (Å²) in [6.45, 7) is 2.90. The predicted octanol–water partition coefficient (Wildman–Crippen LogP) is -0.961. The molecule has 16 heavy (non-hydrogen) atoms. The molecule has 0 saturated carbocycles. The summed E-state index contributed by atoms with van der Waals surface area (Å²) >= 11 is 0. The minimum atomic E-state index is -1.23. The Hall–Kier alpha value is -1.52. The zero-order chi connectivity index (χ0) is 11.7. The second kappa shape index (κ2) is 10.0. The summed E-state index contributed by atoms with van der Waals surface area (Å²) in [6.07, 6.45) is 0.722. The largest absolute Gasteiger partial charge is 2.00 e. The standard InChI is InChI=1S/C7H6O3.C3H4O2.Zn/c8-7(10-9)6-4-2-1-3-5-6;1-2-3(4)5;/h1-5,9H;2H,1H2,(H,4,5);/q;;+2/p-2. The molecule has 1 aromatic carbocycles. The molecule has 0 aliphatic heterocycles. The Balaban J connectivity index is 0. The summed E-state index contributed by atoms with van der Waals surface area (Å²) in [7, 11) is 0. The van der Waals surface area contributed by atoms with E-state index in [1.165, 1.54) is 12.1 Å². The predicted molar refractivity (Wildman–Crippen MR) is 47.1 cm³/mol. The van der Waals surface area contributed by atoms with Crippen LogP contribution in [0.4, 0.5) is 0 Å². The molecule has 0 amide bonds. The molecule has 0 N–H and O–H groups in total. The minimum Gasteiger partial charge on any atom is -0.661 e. The monoisotopic (exact) mass is 272 g/mol. The molecular weight excluding hydrogens is 265 g/mol. The van der Waals surface area contributed by atoms with Gasteiger partial charge in [0.25, 0.3) is 0 Å². The molecule has 0 aromatic heterocycles. The fourth-order valence-electron chi connectivity index (χ4n) is 0.622. The zero-order valence-electron chi connectivity index (χ0n) is 8.42. The molecule has 0 saturated heterocycles. The van der Waals surface area contributed by atoms with Crippen molar-refractivity contribution in [2.45, 2.75) is 0 Å². The smallest absolute Gasteiger partial charge is 0.661 e. The van der Waals surface area contributed by atoms with Crippen LogP contribution >= 0.6 is 0 Å². The van der Waals surface area contributed by atoms with Crippen LogP contribution in [0.1, 0.15) is 10.4 Å². The third-order valence-corrected chi connectivity index (χ3v) is 1.25. The molecular formula is C10H8O5Zn. The van der Waals surface area contributed by atoms with Gasteiger partial charge in [0.1, 0.15) is 0 Å². The van der Waals surface area contributed by atoms with Gasteiger partial charge in [-0.3, -0.25) is 0 Å². The Morgan fingerprint density at radius 3 is 2.00 bits per heavy atom. The number of hydrogen-bond acceptors (Lipinski definition) is 5. The quantitative estimate of drug-likeness (QED) is 0.300. The first-order valence-corrected chi connectivity index (χ1v) is 3.84. The van der Waals surface area contributed by atoms with E-state index < -0.39 is 11.9 Å². The van der Waals surface area contributed by atoms with Crippen LogP contribution in [0.2, 0.25) is 0 Å². The number of hydrogen-bond donors (Lipinski definition) is 0. The Labute approximate surface area is 105 Å². The molecule has 0 aliphatic rings. The summed E-state index contributed by atoms with van der Waals surface area (Å²) in [4.78, 5) is 22.9. The molecule has 0 bridgehead atoms. The van der Waals surface area contributed by atoms with Gasteiger partial charge in [0.05, 0.1) is 11.5 Å². The maximum atomic E-state index is 10.5. The molecule has 80 valence electrons. The maximum Gasteiger partial charge on any atom is 2.00 e. The van der Waals surface area contributed by atoms with E-state index in [0.717, 1.165) is 6.08 Å². The van der Waals surface area contributed by atoms with Gasteiger partial charge in [-0.1, -0.05) is 24.8 Å². The molecule has 0 unspecified atom stereocenters. The van der Waals surface area contributed by atoms with E-state index in [1.807, 2.05) is 0 Å². The average Bonchev–Trinajstić information content (AvgIpc) is 2.30. The van der Waals surface area contributed by atoms with Gasteiger partial charge >= 0.3 is 25.4 Å². The molecule has 0 atom stereocenters. The molecule has 0 aliphatic carbocycles. The van der Waals surface area contributed by atoms with E-state index in [1.54, 1.807) is 18.2 Å². The maximum absolute atomic E-state index is 10.5. The van der Waals surface area contributed by atoms with Crippen molar-refractivity contribution < 1.29 is 44.3 Å². The Bertz CT molecular complexity index is 336. The molecule has 1 rings (SSSR count). The second-order valence-corrected chi connectivity index (χ2v) is 2.26.